The van der Waals surface area contributed by atoms with Crippen LogP contribution in [0.1, 0.15) is 5.56 Å². The van der Waals surface area contributed by atoms with Crippen molar-refractivity contribution in [2.24, 2.45) is 0 Å². The van der Waals surface area contributed by atoms with E-state index in [0.717, 1.165) is 28.4 Å². The lowest BCUT2D eigenvalue weighted by Gasteiger charge is -2.09. The van der Waals surface area contributed by atoms with Gasteiger partial charge in [0.1, 0.15) is 17.2 Å². The van der Waals surface area contributed by atoms with E-state index in [2.05, 4.69) is 24.4 Å². The van der Waals surface area contributed by atoms with E-state index < -0.39 is 0 Å². The highest BCUT2D eigenvalue weighted by Crippen LogP contribution is 2.32. The first-order valence-electron chi connectivity index (χ1n) is 7.87. The Morgan fingerprint density at radius 1 is 0.840 bits per heavy atom. The van der Waals surface area contributed by atoms with Gasteiger partial charge in [-0.05, 0) is 43.3 Å². The van der Waals surface area contributed by atoms with Gasteiger partial charge in [-0.2, -0.15) is 0 Å². The largest absolute Gasteiger partial charge is 0.339 e. The number of nitrogens with zero attached hydrogens (tertiary/aromatic N) is 2. The van der Waals surface area contributed by atoms with Crippen molar-refractivity contribution < 1.29 is 0 Å². The van der Waals surface area contributed by atoms with Gasteiger partial charge in [0, 0.05) is 22.5 Å². The summed E-state index contributed by atoms with van der Waals surface area (Å²) in [5, 5.41) is 4.82. The fraction of sp³-hybridized carbons (Fsp3) is 0.0500. The lowest BCUT2D eigenvalue weighted by atomic mass is 10.1. The smallest absolute Gasteiger partial charge is 0.143 e. The van der Waals surface area contributed by atoms with E-state index in [1.165, 1.54) is 5.56 Å². The second kappa shape index (κ2) is 6.43. The summed E-state index contributed by atoms with van der Waals surface area (Å²) in [6, 6.07) is 19.6. The van der Waals surface area contributed by atoms with Gasteiger partial charge in [-0.15, -0.1) is 0 Å². The number of halogens is 2. The van der Waals surface area contributed by atoms with Crippen LogP contribution in [-0.4, -0.2) is 9.38 Å². The molecule has 0 saturated carbocycles. The molecule has 0 radical (unpaired) electrons. The van der Waals surface area contributed by atoms with Crippen LogP contribution >= 0.6 is 23.2 Å². The molecule has 2 heterocycles. The number of aryl methyl sites for hydroxylation is 1. The van der Waals surface area contributed by atoms with Crippen LogP contribution < -0.4 is 5.32 Å². The van der Waals surface area contributed by atoms with E-state index >= 15 is 0 Å². The topological polar surface area (TPSA) is 29.3 Å². The van der Waals surface area contributed by atoms with Crippen molar-refractivity contribution in [3.8, 4) is 11.3 Å². The monoisotopic (exact) mass is 367 g/mol. The maximum atomic E-state index is 6.20. The molecule has 0 aliphatic carbocycles. The van der Waals surface area contributed by atoms with Crippen LogP contribution in [-0.2, 0) is 0 Å². The normalized spacial score (nSPS) is 11.0. The summed E-state index contributed by atoms with van der Waals surface area (Å²) in [4.78, 5) is 4.77. The second-order valence-electron chi connectivity index (χ2n) is 5.88. The third kappa shape index (κ3) is 3.21. The summed E-state index contributed by atoms with van der Waals surface area (Å²) in [6.45, 7) is 2.07. The van der Waals surface area contributed by atoms with Crippen LogP contribution in [0, 0.1) is 6.92 Å². The molecule has 2 aromatic carbocycles. The summed E-state index contributed by atoms with van der Waals surface area (Å²) in [5.74, 6) is 0.865. The Morgan fingerprint density at radius 2 is 1.52 bits per heavy atom. The van der Waals surface area contributed by atoms with Gasteiger partial charge in [0.15, 0.2) is 0 Å². The Morgan fingerprint density at radius 3 is 2.24 bits per heavy atom. The molecule has 1 N–H and O–H groups in total. The van der Waals surface area contributed by atoms with Gasteiger partial charge in [-0.1, -0.05) is 53.0 Å². The fourth-order valence-electron chi connectivity index (χ4n) is 2.72. The summed E-state index contributed by atoms with van der Waals surface area (Å²) < 4.78 is 1.96. The molecule has 0 aliphatic heterocycles. The van der Waals surface area contributed by atoms with E-state index in [-0.39, 0.29) is 0 Å². The van der Waals surface area contributed by atoms with E-state index in [4.69, 9.17) is 28.2 Å². The van der Waals surface area contributed by atoms with Crippen molar-refractivity contribution in [2.45, 2.75) is 6.92 Å². The minimum absolute atomic E-state index is 0.652. The number of aromatic nitrogens is 2. The van der Waals surface area contributed by atoms with Gasteiger partial charge in [-0.25, -0.2) is 4.98 Å². The summed E-state index contributed by atoms with van der Waals surface area (Å²) in [5.41, 5.74) is 4.86. The van der Waals surface area contributed by atoms with Gasteiger partial charge in [0.25, 0.3) is 0 Å². The minimum atomic E-state index is 0.652. The van der Waals surface area contributed by atoms with Crippen molar-refractivity contribution in [3.05, 3.63) is 82.5 Å². The molecule has 2 aromatic heterocycles. The Balaban J connectivity index is 1.89. The number of pyridine rings is 1. The van der Waals surface area contributed by atoms with Crippen LogP contribution in [0.4, 0.5) is 11.5 Å². The van der Waals surface area contributed by atoms with Crippen molar-refractivity contribution in [1.82, 2.24) is 9.38 Å². The molecule has 0 bridgehead atoms. The average Bonchev–Trinajstić information content (AvgIpc) is 2.95. The molecule has 4 rings (SSSR count). The number of hydrogen-bond donors (Lipinski definition) is 1. The first kappa shape index (κ1) is 16.0. The zero-order valence-corrected chi connectivity index (χ0v) is 15.0. The number of rotatable bonds is 3. The van der Waals surface area contributed by atoms with E-state index in [1.807, 2.05) is 59.1 Å². The van der Waals surface area contributed by atoms with Crippen molar-refractivity contribution in [2.75, 3.05) is 5.32 Å². The predicted molar refractivity (Wildman–Crippen MR) is 105 cm³/mol. The number of imidazole rings is 1. The molecular formula is C20H15Cl2N3. The molecule has 0 fully saturated rings. The lowest BCUT2D eigenvalue weighted by molar-refractivity contribution is 1.18. The van der Waals surface area contributed by atoms with Gasteiger partial charge in [0.2, 0.25) is 0 Å². The van der Waals surface area contributed by atoms with Gasteiger partial charge in [0.05, 0.1) is 5.02 Å². The number of fused-ring (bicyclic) bond motifs is 1. The molecular weight excluding hydrogens is 353 g/mol. The number of benzene rings is 2. The zero-order valence-electron chi connectivity index (χ0n) is 13.5. The lowest BCUT2D eigenvalue weighted by Crippen LogP contribution is -1.97. The maximum absolute atomic E-state index is 6.20. The first-order chi connectivity index (χ1) is 12.1. The van der Waals surface area contributed by atoms with Crippen LogP contribution in [0.25, 0.3) is 16.9 Å². The Bertz CT molecular complexity index is 1040. The molecule has 0 aliphatic rings. The molecule has 124 valence electrons. The minimum Gasteiger partial charge on any atom is -0.339 e. The standard InChI is InChI=1S/C20H15Cl2N3/c1-13-2-9-17(10-3-13)23-20-19(14-4-6-15(21)7-5-14)24-18-11-8-16(22)12-25(18)20/h2-12,23H,1H3. The Kier molecular flexibility index (Phi) is 4.12. The Labute approximate surface area is 155 Å². The van der Waals surface area contributed by atoms with Crippen LogP contribution in [0.5, 0.6) is 0 Å². The quantitative estimate of drug-likeness (QED) is 0.456. The van der Waals surface area contributed by atoms with E-state index in [1.54, 1.807) is 0 Å². The molecule has 0 unspecified atom stereocenters. The molecule has 25 heavy (non-hydrogen) atoms. The molecule has 0 saturated heterocycles. The highest BCUT2D eigenvalue weighted by atomic mass is 35.5. The molecule has 3 nitrogen and oxygen atoms in total. The molecule has 0 spiro atoms. The maximum Gasteiger partial charge on any atom is 0.143 e. The number of nitrogens with one attached hydrogen (secondary N) is 1. The Hall–Kier alpha value is -2.49. The van der Waals surface area contributed by atoms with Crippen molar-refractivity contribution in [3.63, 3.8) is 0 Å². The molecule has 4 aromatic rings. The number of hydrogen-bond acceptors (Lipinski definition) is 2. The van der Waals surface area contributed by atoms with Crippen LogP contribution in [0.15, 0.2) is 66.9 Å². The first-order valence-corrected chi connectivity index (χ1v) is 8.63. The molecule has 5 heteroatoms. The fourth-order valence-corrected chi connectivity index (χ4v) is 3.01. The predicted octanol–water partition coefficient (Wildman–Crippen LogP) is 6.36. The SMILES string of the molecule is Cc1ccc(Nc2c(-c3ccc(Cl)cc3)nc3ccc(Cl)cn23)cc1. The van der Waals surface area contributed by atoms with Crippen molar-refractivity contribution in [1.29, 1.82) is 0 Å². The molecule has 0 atom stereocenters. The summed E-state index contributed by atoms with van der Waals surface area (Å²) in [7, 11) is 0. The third-order valence-corrected chi connectivity index (χ3v) is 4.49. The van der Waals surface area contributed by atoms with E-state index in [9.17, 15) is 0 Å². The third-order valence-electron chi connectivity index (χ3n) is 4.01. The van der Waals surface area contributed by atoms with Crippen LogP contribution in [0.3, 0.4) is 0 Å². The van der Waals surface area contributed by atoms with E-state index in [0.29, 0.717) is 10.0 Å². The average molecular weight is 368 g/mol. The summed E-state index contributed by atoms with van der Waals surface area (Å²) >= 11 is 12.2. The van der Waals surface area contributed by atoms with Crippen LogP contribution in [0.2, 0.25) is 10.0 Å². The van der Waals surface area contributed by atoms with Gasteiger partial charge in [-0.3, -0.25) is 4.40 Å². The van der Waals surface area contributed by atoms with Gasteiger partial charge >= 0.3 is 0 Å². The van der Waals surface area contributed by atoms with Gasteiger partial charge < -0.3 is 5.32 Å². The summed E-state index contributed by atoms with van der Waals surface area (Å²) in [6.07, 6.45) is 1.86. The highest BCUT2D eigenvalue weighted by molar-refractivity contribution is 6.30. The highest BCUT2D eigenvalue weighted by Gasteiger charge is 2.15. The second-order valence-corrected chi connectivity index (χ2v) is 6.76. The van der Waals surface area contributed by atoms with Crippen molar-refractivity contribution >= 4 is 40.4 Å². The number of anilines is 2. The molecule has 0 amide bonds. The zero-order chi connectivity index (χ0) is 17.4.